The smallest absolute Gasteiger partial charge is 0.122 e. The molecule has 0 heterocycles. The molecule has 0 bridgehead atoms. The van der Waals surface area contributed by atoms with Crippen LogP contribution in [0.15, 0.2) is 12.1 Å². The number of aliphatic hydroxyl groups excluding tert-OH is 1. The van der Waals surface area contributed by atoms with Gasteiger partial charge in [0, 0.05) is 11.0 Å². The Morgan fingerprint density at radius 3 is 2.29 bits per heavy atom. The second kappa shape index (κ2) is 4.69. The monoisotopic (exact) mass is 234 g/mol. The average molecular weight is 234 g/mol. The standard InChI is InChI=1S/C15H22O2/c1-15(2,10-16)13-8-11-6-4-5-7-12(11)9-14(13)17-3/h8-9,16H,4-7,10H2,1-3H3. The quantitative estimate of drug-likeness (QED) is 0.871. The van der Waals surface area contributed by atoms with Crippen LogP contribution < -0.4 is 4.74 Å². The van der Waals surface area contributed by atoms with E-state index < -0.39 is 0 Å². The van der Waals surface area contributed by atoms with Crippen LogP contribution in [-0.2, 0) is 18.3 Å². The first-order valence-electron chi connectivity index (χ1n) is 6.39. The molecule has 0 saturated carbocycles. The largest absolute Gasteiger partial charge is 0.496 e. The van der Waals surface area contributed by atoms with E-state index in [-0.39, 0.29) is 12.0 Å². The lowest BCUT2D eigenvalue weighted by molar-refractivity contribution is 0.214. The van der Waals surface area contributed by atoms with Gasteiger partial charge >= 0.3 is 0 Å². The Kier molecular flexibility index (Phi) is 3.43. The number of hydrogen-bond acceptors (Lipinski definition) is 2. The Morgan fingerprint density at radius 2 is 1.76 bits per heavy atom. The zero-order valence-corrected chi connectivity index (χ0v) is 11.0. The summed E-state index contributed by atoms with van der Waals surface area (Å²) in [5, 5.41) is 9.52. The van der Waals surface area contributed by atoms with Gasteiger partial charge < -0.3 is 9.84 Å². The van der Waals surface area contributed by atoms with E-state index in [0.717, 1.165) is 24.2 Å². The molecule has 1 aliphatic rings. The van der Waals surface area contributed by atoms with Gasteiger partial charge in [-0.05, 0) is 42.9 Å². The van der Waals surface area contributed by atoms with Crippen molar-refractivity contribution >= 4 is 0 Å². The molecule has 1 aliphatic carbocycles. The predicted molar refractivity (Wildman–Crippen MR) is 69.7 cm³/mol. The lowest BCUT2D eigenvalue weighted by Crippen LogP contribution is -2.23. The number of methoxy groups -OCH3 is 1. The van der Waals surface area contributed by atoms with Crippen molar-refractivity contribution in [3.8, 4) is 5.75 Å². The van der Waals surface area contributed by atoms with Gasteiger partial charge in [-0.25, -0.2) is 0 Å². The van der Waals surface area contributed by atoms with Crippen molar-refractivity contribution in [2.45, 2.75) is 44.9 Å². The first-order chi connectivity index (χ1) is 8.08. The number of rotatable bonds is 3. The van der Waals surface area contributed by atoms with Gasteiger partial charge in [0.1, 0.15) is 5.75 Å². The summed E-state index contributed by atoms with van der Waals surface area (Å²) in [6.07, 6.45) is 4.87. The maximum atomic E-state index is 9.52. The normalized spacial score (nSPS) is 15.5. The molecular weight excluding hydrogens is 212 g/mol. The highest BCUT2D eigenvalue weighted by Gasteiger charge is 2.25. The predicted octanol–water partition coefficient (Wildman–Crippen LogP) is 2.84. The van der Waals surface area contributed by atoms with Gasteiger partial charge in [0.05, 0.1) is 13.7 Å². The fourth-order valence-electron chi connectivity index (χ4n) is 2.55. The number of benzene rings is 1. The topological polar surface area (TPSA) is 29.5 Å². The summed E-state index contributed by atoms with van der Waals surface area (Å²) in [4.78, 5) is 0. The highest BCUT2D eigenvalue weighted by Crippen LogP contribution is 2.36. The molecule has 0 aromatic heterocycles. The lowest BCUT2D eigenvalue weighted by atomic mass is 9.80. The SMILES string of the molecule is COc1cc2c(cc1C(C)(C)CO)CCCC2. The molecule has 1 aromatic rings. The van der Waals surface area contributed by atoms with Gasteiger partial charge in [-0.2, -0.15) is 0 Å². The Labute approximate surface area is 104 Å². The van der Waals surface area contributed by atoms with Gasteiger partial charge in [0.2, 0.25) is 0 Å². The summed E-state index contributed by atoms with van der Waals surface area (Å²) in [6.45, 7) is 4.25. The molecule has 2 heteroatoms. The van der Waals surface area contributed by atoms with Crippen molar-refractivity contribution in [2.75, 3.05) is 13.7 Å². The van der Waals surface area contributed by atoms with Crippen molar-refractivity contribution < 1.29 is 9.84 Å². The maximum absolute atomic E-state index is 9.52. The molecule has 0 saturated heterocycles. The summed E-state index contributed by atoms with van der Waals surface area (Å²) < 4.78 is 5.49. The summed E-state index contributed by atoms with van der Waals surface area (Å²) in [7, 11) is 1.71. The fraction of sp³-hybridized carbons (Fsp3) is 0.600. The molecule has 2 rings (SSSR count). The minimum atomic E-state index is -0.238. The van der Waals surface area contributed by atoms with Crippen molar-refractivity contribution in [1.29, 1.82) is 0 Å². The van der Waals surface area contributed by atoms with Gasteiger partial charge in [-0.15, -0.1) is 0 Å². The van der Waals surface area contributed by atoms with Gasteiger partial charge in [0.25, 0.3) is 0 Å². The Balaban J connectivity index is 2.50. The summed E-state index contributed by atoms with van der Waals surface area (Å²) in [6, 6.07) is 4.41. The van der Waals surface area contributed by atoms with Crippen LogP contribution in [0.5, 0.6) is 5.75 Å². The summed E-state index contributed by atoms with van der Waals surface area (Å²) in [5.41, 5.74) is 3.75. The minimum Gasteiger partial charge on any atom is -0.496 e. The van der Waals surface area contributed by atoms with Crippen molar-refractivity contribution in [3.63, 3.8) is 0 Å². The van der Waals surface area contributed by atoms with E-state index >= 15 is 0 Å². The second-order valence-corrected chi connectivity index (χ2v) is 5.57. The van der Waals surface area contributed by atoms with Gasteiger partial charge in [0.15, 0.2) is 0 Å². The van der Waals surface area contributed by atoms with Gasteiger partial charge in [-0.1, -0.05) is 19.9 Å². The van der Waals surface area contributed by atoms with E-state index in [9.17, 15) is 5.11 Å². The summed E-state index contributed by atoms with van der Waals surface area (Å²) in [5.74, 6) is 0.921. The van der Waals surface area contributed by atoms with Gasteiger partial charge in [-0.3, -0.25) is 0 Å². The molecule has 0 amide bonds. The van der Waals surface area contributed by atoms with Crippen LogP contribution >= 0.6 is 0 Å². The van der Waals surface area contributed by atoms with Crippen LogP contribution in [0.2, 0.25) is 0 Å². The van der Waals surface area contributed by atoms with E-state index in [4.69, 9.17) is 4.74 Å². The van der Waals surface area contributed by atoms with E-state index in [1.54, 1.807) is 7.11 Å². The van der Waals surface area contributed by atoms with E-state index in [2.05, 4.69) is 26.0 Å². The number of ether oxygens (including phenoxy) is 1. The second-order valence-electron chi connectivity index (χ2n) is 5.57. The average Bonchev–Trinajstić information content (AvgIpc) is 2.37. The minimum absolute atomic E-state index is 0.141. The van der Waals surface area contributed by atoms with E-state index in [1.807, 2.05) is 0 Å². The zero-order chi connectivity index (χ0) is 12.5. The van der Waals surface area contributed by atoms with Crippen LogP contribution in [0.4, 0.5) is 0 Å². The highest BCUT2D eigenvalue weighted by atomic mass is 16.5. The fourth-order valence-corrected chi connectivity index (χ4v) is 2.55. The zero-order valence-electron chi connectivity index (χ0n) is 11.0. The van der Waals surface area contributed by atoms with Crippen molar-refractivity contribution in [2.24, 2.45) is 0 Å². The molecule has 0 aliphatic heterocycles. The third-order valence-electron chi connectivity index (χ3n) is 3.79. The first-order valence-corrected chi connectivity index (χ1v) is 6.39. The Hall–Kier alpha value is -1.02. The number of fused-ring (bicyclic) bond motifs is 1. The van der Waals surface area contributed by atoms with E-state index in [1.165, 1.54) is 24.0 Å². The molecule has 0 atom stereocenters. The molecule has 0 radical (unpaired) electrons. The van der Waals surface area contributed by atoms with E-state index in [0.29, 0.717) is 0 Å². The summed E-state index contributed by atoms with van der Waals surface area (Å²) >= 11 is 0. The number of hydrogen-bond donors (Lipinski definition) is 1. The van der Waals surface area contributed by atoms with Crippen LogP contribution in [0.1, 0.15) is 43.4 Å². The Morgan fingerprint density at radius 1 is 1.18 bits per heavy atom. The van der Waals surface area contributed by atoms with Crippen LogP contribution in [0.3, 0.4) is 0 Å². The maximum Gasteiger partial charge on any atom is 0.122 e. The molecule has 0 unspecified atom stereocenters. The van der Waals surface area contributed by atoms with Crippen molar-refractivity contribution in [1.82, 2.24) is 0 Å². The molecule has 1 aromatic carbocycles. The molecule has 94 valence electrons. The molecule has 17 heavy (non-hydrogen) atoms. The highest BCUT2D eigenvalue weighted by molar-refractivity contribution is 5.47. The molecule has 1 N–H and O–H groups in total. The van der Waals surface area contributed by atoms with Crippen LogP contribution in [0, 0.1) is 0 Å². The third-order valence-corrected chi connectivity index (χ3v) is 3.79. The lowest BCUT2D eigenvalue weighted by Gasteiger charge is -2.27. The molecule has 2 nitrogen and oxygen atoms in total. The van der Waals surface area contributed by atoms with Crippen LogP contribution in [-0.4, -0.2) is 18.8 Å². The number of aliphatic hydroxyl groups is 1. The Bertz CT molecular complexity index is 408. The molecule has 0 spiro atoms. The van der Waals surface area contributed by atoms with Crippen molar-refractivity contribution in [3.05, 3.63) is 28.8 Å². The number of aryl methyl sites for hydroxylation is 2. The first kappa shape index (κ1) is 12.4. The van der Waals surface area contributed by atoms with Crippen LogP contribution in [0.25, 0.3) is 0 Å². The molecular formula is C15H22O2. The molecule has 0 fully saturated rings. The third kappa shape index (κ3) is 2.32.